The van der Waals surface area contributed by atoms with Crippen molar-refractivity contribution in [3.05, 3.63) is 35.8 Å². The second-order valence-electron chi connectivity index (χ2n) is 9.67. The Balaban J connectivity index is 1.38. The lowest BCUT2D eigenvalue weighted by Crippen LogP contribution is -2.47. The van der Waals surface area contributed by atoms with E-state index in [0.717, 1.165) is 12.8 Å². The molecule has 0 atom stereocenters. The van der Waals surface area contributed by atoms with Gasteiger partial charge in [0.05, 0.1) is 36.8 Å². The van der Waals surface area contributed by atoms with E-state index in [2.05, 4.69) is 31.0 Å². The van der Waals surface area contributed by atoms with Gasteiger partial charge >= 0.3 is 0 Å². The van der Waals surface area contributed by atoms with Gasteiger partial charge in [-0.25, -0.2) is 8.42 Å². The quantitative estimate of drug-likeness (QED) is 0.306. The number of rotatable bonds is 10. The molecule has 2 aromatic heterocycles. The van der Waals surface area contributed by atoms with E-state index in [-0.39, 0.29) is 40.7 Å². The topological polar surface area (TPSA) is 185 Å². The van der Waals surface area contributed by atoms with Crippen LogP contribution in [0, 0.1) is 5.92 Å². The van der Waals surface area contributed by atoms with E-state index in [9.17, 15) is 18.0 Å². The molecule has 41 heavy (non-hydrogen) atoms. The van der Waals surface area contributed by atoms with Crippen molar-refractivity contribution in [1.29, 1.82) is 0 Å². The van der Waals surface area contributed by atoms with Gasteiger partial charge in [0.1, 0.15) is 0 Å². The first kappa shape index (κ1) is 24.6. The second-order valence-corrected chi connectivity index (χ2v) is 11.7. The summed E-state index contributed by atoms with van der Waals surface area (Å²) in [6.07, 6.45) is 2.73. The number of nitrogens with zero attached hydrogens (tertiary/aromatic N) is 6. The minimum absolute atomic E-state index is 0.0581. The molecule has 1 saturated heterocycles. The molecule has 15 nitrogen and oxygen atoms in total. The number of carbonyl (C=O) groups is 2. The first-order chi connectivity index (χ1) is 20.8. The van der Waals surface area contributed by atoms with Crippen molar-refractivity contribution < 1.29 is 31.4 Å². The number of piperazine rings is 1. The van der Waals surface area contributed by atoms with Crippen LogP contribution in [0.5, 0.6) is 5.75 Å². The van der Waals surface area contributed by atoms with E-state index >= 15 is 0 Å². The van der Waals surface area contributed by atoms with Crippen LogP contribution >= 0.6 is 0 Å². The van der Waals surface area contributed by atoms with Crippen LogP contribution in [0.25, 0.3) is 11.5 Å². The van der Waals surface area contributed by atoms with Crippen molar-refractivity contribution in [2.75, 3.05) is 57.2 Å². The zero-order valence-corrected chi connectivity index (χ0v) is 23.2. The molecule has 0 spiro atoms. The number of anilines is 3. The molecule has 5 rings (SSSR count). The molecule has 2 aliphatic rings. The third kappa shape index (κ3) is 6.61. The molecule has 1 aromatic carbocycles. The van der Waals surface area contributed by atoms with Crippen molar-refractivity contribution in [1.82, 2.24) is 34.9 Å². The van der Waals surface area contributed by atoms with E-state index in [1.54, 1.807) is 18.2 Å². The van der Waals surface area contributed by atoms with Crippen LogP contribution in [0.4, 0.5) is 17.2 Å². The van der Waals surface area contributed by atoms with Crippen LogP contribution in [0.2, 0.25) is 0 Å². The molecule has 0 radical (unpaired) electrons. The Morgan fingerprint density at radius 2 is 1.95 bits per heavy atom. The molecule has 0 bridgehead atoms. The molecule has 16 heteroatoms. The molecular formula is C25H31N9O6S. The average Bonchev–Trinajstić information content (AvgIpc) is 3.71. The number of nitrogens with one attached hydrogen (secondary N) is 3. The van der Waals surface area contributed by atoms with Crippen LogP contribution < -0.4 is 20.7 Å². The molecule has 3 aromatic rings. The summed E-state index contributed by atoms with van der Waals surface area (Å²) in [5.41, 5.74) is 0.504. The normalized spacial score (nSPS) is 17.7. The molecule has 2 amide bonds. The number of para-hydroxylation sites is 1. The maximum Gasteiger partial charge on any atom is 0.273 e. The van der Waals surface area contributed by atoms with Crippen LogP contribution in [0.3, 0.4) is 0 Å². The Bertz CT molecular complexity index is 1650. The fourth-order valence-corrected chi connectivity index (χ4v) is 5.19. The number of amides is 2. The number of benzene rings is 1. The van der Waals surface area contributed by atoms with Gasteiger partial charge in [0, 0.05) is 49.3 Å². The summed E-state index contributed by atoms with van der Waals surface area (Å²) < 4.78 is 58.4. The van der Waals surface area contributed by atoms with Crippen molar-refractivity contribution in [2.45, 2.75) is 19.4 Å². The monoisotopic (exact) mass is 588 g/mol. The lowest BCUT2D eigenvalue weighted by molar-refractivity contribution is -0.117. The van der Waals surface area contributed by atoms with Crippen LogP contribution in [-0.2, 0) is 21.4 Å². The Morgan fingerprint density at radius 1 is 1.17 bits per heavy atom. The molecule has 1 aliphatic carbocycles. The minimum Gasteiger partial charge on any atom is -0.494 e. The van der Waals surface area contributed by atoms with Gasteiger partial charge in [-0.05, 0) is 25.0 Å². The van der Waals surface area contributed by atoms with E-state index < -0.39 is 22.9 Å². The van der Waals surface area contributed by atoms with Gasteiger partial charge in [-0.1, -0.05) is 11.2 Å². The van der Waals surface area contributed by atoms with Crippen molar-refractivity contribution >= 4 is 39.0 Å². The Labute approximate surface area is 240 Å². The lowest BCUT2D eigenvalue weighted by Gasteiger charge is -2.32. The molecule has 1 saturated carbocycles. The Morgan fingerprint density at radius 3 is 2.63 bits per heavy atom. The summed E-state index contributed by atoms with van der Waals surface area (Å²) in [7, 11) is -1.82. The zero-order chi connectivity index (χ0) is 31.6. The summed E-state index contributed by atoms with van der Waals surface area (Å²) in [4.78, 5) is 31.6. The van der Waals surface area contributed by atoms with Gasteiger partial charge in [0.2, 0.25) is 15.9 Å². The van der Waals surface area contributed by atoms with Crippen molar-refractivity contribution in [3.8, 4) is 17.2 Å². The number of hydrogen-bond acceptors (Lipinski definition) is 12. The summed E-state index contributed by atoms with van der Waals surface area (Å²) in [6.45, 7) is -0.660. The number of carbonyl (C=O) groups excluding carboxylic acids is 2. The van der Waals surface area contributed by atoms with Gasteiger partial charge < -0.3 is 25.2 Å². The smallest absolute Gasteiger partial charge is 0.273 e. The maximum atomic E-state index is 12.8. The van der Waals surface area contributed by atoms with Crippen LogP contribution in [-0.4, -0.2) is 96.3 Å². The molecule has 3 N–H and O–H groups in total. The summed E-state index contributed by atoms with van der Waals surface area (Å²) in [6, 6.07) is 6.40. The molecule has 0 unspecified atom stereocenters. The number of aromatic nitrogens is 4. The van der Waals surface area contributed by atoms with E-state index in [4.69, 9.17) is 13.4 Å². The Hall–Kier alpha value is -4.15. The predicted molar refractivity (Wildman–Crippen MR) is 148 cm³/mol. The van der Waals surface area contributed by atoms with Crippen LogP contribution in [0.1, 0.15) is 33.3 Å². The molecule has 1 aliphatic heterocycles. The van der Waals surface area contributed by atoms with Crippen LogP contribution in [0.15, 0.2) is 28.8 Å². The highest BCUT2D eigenvalue weighted by Gasteiger charge is 2.30. The second kappa shape index (κ2) is 11.8. The molecule has 2 fully saturated rings. The van der Waals surface area contributed by atoms with Gasteiger partial charge in [-0.3, -0.25) is 14.5 Å². The number of ether oxygens (including phenoxy) is 1. The highest BCUT2D eigenvalue weighted by Crippen LogP contribution is 2.38. The third-order valence-electron chi connectivity index (χ3n) is 6.67. The minimum atomic E-state index is -3.25. The molecular weight excluding hydrogens is 554 g/mol. The maximum absolute atomic E-state index is 12.8. The standard InChI is InChI=1S/C25H31N9O6S/c1-26-24(36)21-18(13-19(30-31-21)28-23(35)15-7-8-15)27-17-6-4-5-16(22(17)39-2)25-29-20(32-40-25)14-33-9-11-34(12-10-33)41(3,37)38/h4-6,13,15H,7-12,14H2,1-3H3,(H,26,36)(H2,27,28,30,35)/i1D3. The van der Waals surface area contributed by atoms with Gasteiger partial charge in [0.15, 0.2) is 23.1 Å². The first-order valence-corrected chi connectivity index (χ1v) is 14.6. The van der Waals surface area contributed by atoms with E-state index in [1.165, 1.54) is 23.7 Å². The Kier molecular flexibility index (Phi) is 7.06. The first-order valence-electron chi connectivity index (χ1n) is 14.3. The molecule has 218 valence electrons. The largest absolute Gasteiger partial charge is 0.494 e. The zero-order valence-electron chi connectivity index (χ0n) is 25.4. The summed E-state index contributed by atoms with van der Waals surface area (Å²) in [5, 5.41) is 19.4. The lowest BCUT2D eigenvalue weighted by atomic mass is 10.1. The summed E-state index contributed by atoms with van der Waals surface area (Å²) in [5.74, 6) is -0.453. The van der Waals surface area contributed by atoms with Gasteiger partial charge in [0.25, 0.3) is 11.8 Å². The number of methoxy groups -OCH3 is 1. The SMILES string of the molecule is [2H]C([2H])([2H])NC(=O)c1nnc(NC(=O)C2CC2)cc1Nc1cccc(-c2nc(CN3CCN(S(C)(=O)=O)CC3)no2)c1OC. The average molecular weight is 589 g/mol. The van der Waals surface area contributed by atoms with Crippen molar-refractivity contribution in [2.24, 2.45) is 5.92 Å². The van der Waals surface area contributed by atoms with E-state index in [1.807, 2.05) is 10.2 Å². The van der Waals surface area contributed by atoms with E-state index in [0.29, 0.717) is 49.8 Å². The van der Waals surface area contributed by atoms with Gasteiger partial charge in [-0.2, -0.15) is 9.29 Å². The highest BCUT2D eigenvalue weighted by atomic mass is 32.2. The highest BCUT2D eigenvalue weighted by molar-refractivity contribution is 7.88. The van der Waals surface area contributed by atoms with Crippen molar-refractivity contribution in [3.63, 3.8) is 0 Å². The predicted octanol–water partition coefficient (Wildman–Crippen LogP) is 1.06. The number of hydrogen-bond donors (Lipinski definition) is 3. The van der Waals surface area contributed by atoms with Gasteiger partial charge in [-0.15, -0.1) is 10.2 Å². The fraction of sp³-hybridized carbons (Fsp3) is 0.440. The number of sulfonamides is 1. The molecule has 3 heterocycles. The fourth-order valence-electron chi connectivity index (χ4n) is 4.36. The third-order valence-corrected chi connectivity index (χ3v) is 7.98. The summed E-state index contributed by atoms with van der Waals surface area (Å²) >= 11 is 0.